The van der Waals surface area contributed by atoms with Gasteiger partial charge in [-0.3, -0.25) is 9.59 Å². The standard InChI is InChI=1S/C11H15N3O3/c1-14(8-5-13-6-10(8)16)11(17)7-4-12-3-2-9(7)15/h2-4,8,10,13,16H,5-6H2,1H3,(H,12,15)/t8-,10-/m0/s1. The lowest BCUT2D eigenvalue weighted by Crippen LogP contribution is -2.45. The zero-order chi connectivity index (χ0) is 12.4. The molecule has 1 amide bonds. The van der Waals surface area contributed by atoms with Crippen molar-refractivity contribution >= 4 is 5.91 Å². The number of β-amino-alcohol motifs (C(OH)–C–C–N with tert-alkyl or cyclic N) is 1. The summed E-state index contributed by atoms with van der Waals surface area (Å²) in [5.41, 5.74) is -0.227. The average molecular weight is 237 g/mol. The van der Waals surface area contributed by atoms with Gasteiger partial charge in [-0.05, 0) is 0 Å². The molecule has 6 nitrogen and oxygen atoms in total. The van der Waals surface area contributed by atoms with Crippen LogP contribution in [0.2, 0.25) is 0 Å². The van der Waals surface area contributed by atoms with Crippen molar-refractivity contribution in [2.24, 2.45) is 0 Å². The number of aromatic amines is 1. The van der Waals surface area contributed by atoms with Crippen LogP contribution in [-0.4, -0.2) is 53.2 Å². The summed E-state index contributed by atoms with van der Waals surface area (Å²) in [6.07, 6.45) is 2.27. The van der Waals surface area contributed by atoms with Crippen LogP contribution in [0, 0.1) is 0 Å². The maximum atomic E-state index is 12.1. The molecule has 1 aliphatic heterocycles. The Kier molecular flexibility index (Phi) is 3.26. The third-order valence-electron chi connectivity index (χ3n) is 3.02. The highest BCUT2D eigenvalue weighted by atomic mass is 16.3. The highest BCUT2D eigenvalue weighted by Crippen LogP contribution is 2.09. The number of H-pyrrole nitrogens is 1. The van der Waals surface area contributed by atoms with Crippen molar-refractivity contribution in [2.45, 2.75) is 12.1 Å². The minimum Gasteiger partial charge on any atom is -0.390 e. The predicted octanol–water partition coefficient (Wildman–Crippen LogP) is -1.22. The number of rotatable bonds is 2. The molecule has 0 spiro atoms. The fourth-order valence-corrected chi connectivity index (χ4v) is 1.97. The molecule has 0 radical (unpaired) electrons. The van der Waals surface area contributed by atoms with E-state index in [0.29, 0.717) is 13.1 Å². The highest BCUT2D eigenvalue weighted by Gasteiger charge is 2.32. The van der Waals surface area contributed by atoms with Gasteiger partial charge in [-0.15, -0.1) is 0 Å². The average Bonchev–Trinajstić information content (AvgIpc) is 2.74. The molecule has 2 atom stereocenters. The van der Waals surface area contributed by atoms with Gasteiger partial charge < -0.3 is 20.3 Å². The minimum absolute atomic E-state index is 0.0918. The number of nitrogens with one attached hydrogen (secondary N) is 2. The van der Waals surface area contributed by atoms with Crippen molar-refractivity contribution in [3.05, 3.63) is 34.2 Å². The molecule has 17 heavy (non-hydrogen) atoms. The molecule has 0 aromatic carbocycles. The van der Waals surface area contributed by atoms with Gasteiger partial charge in [0.15, 0.2) is 5.43 Å². The molecule has 3 N–H and O–H groups in total. The van der Waals surface area contributed by atoms with E-state index in [1.807, 2.05) is 0 Å². The lowest BCUT2D eigenvalue weighted by Gasteiger charge is -2.26. The van der Waals surface area contributed by atoms with Crippen molar-refractivity contribution in [3.8, 4) is 0 Å². The van der Waals surface area contributed by atoms with Gasteiger partial charge in [-0.1, -0.05) is 0 Å². The van der Waals surface area contributed by atoms with E-state index in [1.165, 1.54) is 23.4 Å². The minimum atomic E-state index is -0.591. The summed E-state index contributed by atoms with van der Waals surface area (Å²) in [4.78, 5) is 27.7. The number of carbonyl (C=O) groups excluding carboxylic acids is 1. The second-order valence-electron chi connectivity index (χ2n) is 4.13. The lowest BCUT2D eigenvalue weighted by molar-refractivity contribution is 0.0579. The molecule has 1 saturated heterocycles. The number of hydrogen-bond donors (Lipinski definition) is 3. The van der Waals surface area contributed by atoms with E-state index in [2.05, 4.69) is 10.3 Å². The number of aliphatic hydroxyl groups is 1. The number of likely N-dealkylation sites (N-methyl/N-ethyl adjacent to an activating group) is 1. The summed E-state index contributed by atoms with van der Waals surface area (Å²) in [5.74, 6) is -0.375. The first-order valence-electron chi connectivity index (χ1n) is 5.44. The van der Waals surface area contributed by atoms with E-state index in [4.69, 9.17) is 0 Å². The number of pyridine rings is 1. The third kappa shape index (κ3) is 2.22. The Hall–Kier alpha value is -1.66. The fraction of sp³-hybridized carbons (Fsp3) is 0.455. The Morgan fingerprint density at radius 1 is 1.53 bits per heavy atom. The van der Waals surface area contributed by atoms with Crippen LogP contribution in [-0.2, 0) is 0 Å². The summed E-state index contributed by atoms with van der Waals surface area (Å²) in [6, 6.07) is 1.02. The second-order valence-corrected chi connectivity index (χ2v) is 4.13. The molecule has 2 heterocycles. The Morgan fingerprint density at radius 2 is 2.29 bits per heavy atom. The Morgan fingerprint density at radius 3 is 2.88 bits per heavy atom. The molecular formula is C11H15N3O3. The zero-order valence-corrected chi connectivity index (χ0v) is 9.51. The van der Waals surface area contributed by atoms with Crippen LogP contribution in [0.5, 0.6) is 0 Å². The van der Waals surface area contributed by atoms with E-state index in [-0.39, 0.29) is 22.9 Å². The van der Waals surface area contributed by atoms with Gasteiger partial charge in [-0.25, -0.2) is 0 Å². The van der Waals surface area contributed by atoms with Crippen molar-refractivity contribution in [1.29, 1.82) is 0 Å². The summed E-state index contributed by atoms with van der Waals surface area (Å²) < 4.78 is 0. The molecule has 0 aliphatic carbocycles. The normalized spacial score (nSPS) is 23.6. The molecule has 1 aromatic heterocycles. The number of aliphatic hydroxyl groups excluding tert-OH is 1. The van der Waals surface area contributed by atoms with Crippen LogP contribution in [0.1, 0.15) is 10.4 Å². The molecule has 0 saturated carbocycles. The fourth-order valence-electron chi connectivity index (χ4n) is 1.97. The monoisotopic (exact) mass is 237 g/mol. The molecule has 0 bridgehead atoms. The van der Waals surface area contributed by atoms with Crippen molar-refractivity contribution in [1.82, 2.24) is 15.2 Å². The summed E-state index contributed by atoms with van der Waals surface area (Å²) in [5, 5.41) is 12.7. The van der Waals surface area contributed by atoms with Gasteiger partial charge in [0.05, 0.1) is 12.1 Å². The van der Waals surface area contributed by atoms with E-state index >= 15 is 0 Å². The zero-order valence-electron chi connectivity index (χ0n) is 9.51. The third-order valence-corrected chi connectivity index (χ3v) is 3.02. The van der Waals surface area contributed by atoms with Gasteiger partial charge in [0.1, 0.15) is 5.56 Å². The molecule has 1 aliphatic rings. The molecule has 1 aromatic rings. The van der Waals surface area contributed by atoms with Gasteiger partial charge >= 0.3 is 0 Å². The van der Waals surface area contributed by atoms with Gasteiger partial charge in [0.25, 0.3) is 5.91 Å². The summed E-state index contributed by atoms with van der Waals surface area (Å²) in [7, 11) is 1.59. The number of aromatic nitrogens is 1. The quantitative estimate of drug-likeness (QED) is 0.602. The molecule has 92 valence electrons. The van der Waals surface area contributed by atoms with Crippen molar-refractivity contribution in [3.63, 3.8) is 0 Å². The molecule has 1 fully saturated rings. The topological polar surface area (TPSA) is 85.4 Å². The van der Waals surface area contributed by atoms with Gasteiger partial charge in [0, 0.05) is 38.6 Å². The van der Waals surface area contributed by atoms with Crippen LogP contribution in [0.3, 0.4) is 0 Å². The van der Waals surface area contributed by atoms with E-state index in [1.54, 1.807) is 7.05 Å². The highest BCUT2D eigenvalue weighted by molar-refractivity contribution is 5.93. The Labute approximate surface area is 98.3 Å². The number of amides is 1. The van der Waals surface area contributed by atoms with E-state index < -0.39 is 6.10 Å². The van der Waals surface area contributed by atoms with Crippen molar-refractivity contribution < 1.29 is 9.90 Å². The first-order chi connectivity index (χ1) is 8.11. The SMILES string of the molecule is CN(C(=O)c1c[nH]ccc1=O)[C@H]1CNC[C@@H]1O. The maximum Gasteiger partial charge on any atom is 0.259 e. The maximum absolute atomic E-state index is 12.1. The van der Waals surface area contributed by atoms with Crippen molar-refractivity contribution in [2.75, 3.05) is 20.1 Å². The van der Waals surface area contributed by atoms with Crippen LogP contribution < -0.4 is 10.7 Å². The Balaban J connectivity index is 2.20. The second kappa shape index (κ2) is 4.68. The first kappa shape index (κ1) is 11.8. The van der Waals surface area contributed by atoms with E-state index in [0.717, 1.165) is 0 Å². The molecule has 6 heteroatoms. The summed E-state index contributed by atoms with van der Waals surface area (Å²) >= 11 is 0. The largest absolute Gasteiger partial charge is 0.390 e. The van der Waals surface area contributed by atoms with Crippen LogP contribution in [0.15, 0.2) is 23.3 Å². The molecular weight excluding hydrogens is 222 g/mol. The predicted molar refractivity (Wildman–Crippen MR) is 61.8 cm³/mol. The van der Waals surface area contributed by atoms with Crippen LogP contribution in [0.4, 0.5) is 0 Å². The molecule has 2 rings (SSSR count). The number of nitrogens with zero attached hydrogens (tertiary/aromatic N) is 1. The molecule has 0 unspecified atom stereocenters. The smallest absolute Gasteiger partial charge is 0.259 e. The summed E-state index contributed by atoms with van der Waals surface area (Å²) in [6.45, 7) is 1.00. The van der Waals surface area contributed by atoms with Crippen LogP contribution in [0.25, 0.3) is 0 Å². The van der Waals surface area contributed by atoms with Gasteiger partial charge in [-0.2, -0.15) is 0 Å². The lowest BCUT2D eigenvalue weighted by atomic mass is 10.1. The van der Waals surface area contributed by atoms with Crippen LogP contribution >= 0.6 is 0 Å². The Bertz CT molecular complexity index is 471. The van der Waals surface area contributed by atoms with Gasteiger partial charge in [0.2, 0.25) is 0 Å². The number of carbonyl (C=O) groups is 1. The first-order valence-corrected chi connectivity index (χ1v) is 5.44. The number of hydrogen-bond acceptors (Lipinski definition) is 4. The van der Waals surface area contributed by atoms with E-state index in [9.17, 15) is 14.7 Å².